The van der Waals surface area contributed by atoms with Crippen LogP contribution in [0.15, 0.2) is 60.0 Å². The van der Waals surface area contributed by atoms with Crippen LogP contribution in [0, 0.1) is 0 Å². The summed E-state index contributed by atoms with van der Waals surface area (Å²) in [4.78, 5) is 19.2. The number of carbonyl (C=O) groups excluding carboxylic acids is 1. The van der Waals surface area contributed by atoms with Gasteiger partial charge in [0.15, 0.2) is 11.5 Å². The minimum absolute atomic E-state index is 0.00635. The summed E-state index contributed by atoms with van der Waals surface area (Å²) in [5, 5.41) is 5.37. The second-order valence-corrected chi connectivity index (χ2v) is 9.88. The van der Waals surface area contributed by atoms with E-state index in [1.165, 1.54) is 10.6 Å². The molecule has 192 valence electrons. The van der Waals surface area contributed by atoms with Gasteiger partial charge < -0.3 is 24.4 Å². The topological polar surface area (TPSA) is 63.3 Å². The van der Waals surface area contributed by atoms with Gasteiger partial charge in [-0.05, 0) is 60.3 Å². The van der Waals surface area contributed by atoms with Crippen molar-refractivity contribution in [3.8, 4) is 17.2 Å². The van der Waals surface area contributed by atoms with Crippen LogP contribution in [0.25, 0.3) is 0 Å². The molecule has 8 heteroatoms. The number of rotatable bonds is 10. The van der Waals surface area contributed by atoms with E-state index in [1.54, 1.807) is 32.7 Å². The maximum absolute atomic E-state index is 13.0. The van der Waals surface area contributed by atoms with E-state index >= 15 is 0 Å². The van der Waals surface area contributed by atoms with Crippen molar-refractivity contribution in [3.63, 3.8) is 0 Å². The van der Waals surface area contributed by atoms with E-state index < -0.39 is 0 Å². The van der Waals surface area contributed by atoms with Crippen LogP contribution in [0.5, 0.6) is 17.2 Å². The summed E-state index contributed by atoms with van der Waals surface area (Å²) in [5.74, 6) is 2.14. The summed E-state index contributed by atoms with van der Waals surface area (Å²) in [6.07, 6.45) is 0.285. The minimum Gasteiger partial charge on any atom is -0.497 e. The van der Waals surface area contributed by atoms with E-state index in [1.807, 2.05) is 30.3 Å². The van der Waals surface area contributed by atoms with Crippen molar-refractivity contribution in [2.45, 2.75) is 25.4 Å². The molecule has 36 heavy (non-hydrogen) atoms. The summed E-state index contributed by atoms with van der Waals surface area (Å²) < 4.78 is 16.0. The van der Waals surface area contributed by atoms with Crippen LogP contribution >= 0.6 is 11.3 Å². The zero-order chi connectivity index (χ0) is 25.5. The smallest absolute Gasteiger partial charge is 0.224 e. The number of carbonyl (C=O) groups is 1. The van der Waals surface area contributed by atoms with Gasteiger partial charge in [0, 0.05) is 42.8 Å². The predicted molar refractivity (Wildman–Crippen MR) is 145 cm³/mol. The lowest BCUT2D eigenvalue weighted by Crippen LogP contribution is -2.52. The van der Waals surface area contributed by atoms with Crippen molar-refractivity contribution in [1.82, 2.24) is 10.2 Å². The Bertz CT molecular complexity index is 1110. The van der Waals surface area contributed by atoms with Crippen molar-refractivity contribution in [2.24, 2.45) is 0 Å². The van der Waals surface area contributed by atoms with Gasteiger partial charge in [0.25, 0.3) is 0 Å². The van der Waals surface area contributed by atoms with Gasteiger partial charge in [0.05, 0.1) is 33.8 Å². The number of methoxy groups -OCH3 is 3. The lowest BCUT2D eigenvalue weighted by Gasteiger charge is -2.42. The molecule has 1 amide bonds. The Kier molecular flexibility index (Phi) is 8.72. The first kappa shape index (κ1) is 25.9. The Morgan fingerprint density at radius 1 is 0.944 bits per heavy atom. The number of thiophene rings is 1. The number of ether oxygens (including phenoxy) is 3. The Balaban J connectivity index is 1.40. The van der Waals surface area contributed by atoms with Crippen molar-refractivity contribution in [1.29, 1.82) is 0 Å². The van der Waals surface area contributed by atoms with Crippen LogP contribution in [0.4, 0.5) is 5.69 Å². The summed E-state index contributed by atoms with van der Waals surface area (Å²) in [6.45, 7) is 5.81. The van der Waals surface area contributed by atoms with Crippen LogP contribution in [0.3, 0.4) is 0 Å². The minimum atomic E-state index is -0.0381. The number of piperazine rings is 1. The van der Waals surface area contributed by atoms with E-state index in [-0.39, 0.29) is 24.4 Å². The first-order valence-corrected chi connectivity index (χ1v) is 13.1. The van der Waals surface area contributed by atoms with Crippen LogP contribution in [0.1, 0.15) is 23.4 Å². The molecule has 2 heterocycles. The molecule has 2 atom stereocenters. The zero-order valence-corrected chi connectivity index (χ0v) is 22.2. The number of amides is 1. The van der Waals surface area contributed by atoms with Crippen molar-refractivity contribution < 1.29 is 19.0 Å². The van der Waals surface area contributed by atoms with Gasteiger partial charge in [-0.1, -0.05) is 12.1 Å². The Morgan fingerprint density at radius 2 is 1.67 bits per heavy atom. The normalized spacial score (nSPS) is 15.7. The molecule has 1 fully saturated rings. The molecule has 7 nitrogen and oxygen atoms in total. The number of nitrogens with one attached hydrogen (secondary N) is 1. The van der Waals surface area contributed by atoms with Crippen LogP contribution < -0.4 is 24.4 Å². The average Bonchev–Trinajstić information content (AvgIpc) is 3.43. The molecule has 1 saturated heterocycles. The summed E-state index contributed by atoms with van der Waals surface area (Å²) >= 11 is 1.74. The van der Waals surface area contributed by atoms with Gasteiger partial charge in [-0.2, -0.15) is 0 Å². The van der Waals surface area contributed by atoms with Gasteiger partial charge in [0.2, 0.25) is 5.91 Å². The second-order valence-electron chi connectivity index (χ2n) is 8.90. The van der Waals surface area contributed by atoms with E-state index in [9.17, 15) is 4.79 Å². The van der Waals surface area contributed by atoms with E-state index in [2.05, 4.69) is 51.7 Å². The molecular formula is C28H35N3O4S. The number of benzene rings is 2. The zero-order valence-electron chi connectivity index (χ0n) is 21.4. The Hall–Kier alpha value is -3.23. The highest BCUT2D eigenvalue weighted by Crippen LogP contribution is 2.31. The molecule has 2 aromatic carbocycles. The lowest BCUT2D eigenvalue weighted by atomic mass is 10.0. The average molecular weight is 510 g/mol. The molecule has 0 radical (unpaired) electrons. The van der Waals surface area contributed by atoms with Gasteiger partial charge in [-0.25, -0.2) is 0 Å². The maximum atomic E-state index is 13.0. The molecular weight excluding hydrogens is 474 g/mol. The predicted octanol–water partition coefficient (Wildman–Crippen LogP) is 4.38. The molecule has 1 aliphatic heterocycles. The van der Waals surface area contributed by atoms with E-state index in [0.717, 1.165) is 37.5 Å². The maximum Gasteiger partial charge on any atom is 0.224 e. The molecule has 0 bridgehead atoms. The molecule has 0 saturated carbocycles. The highest BCUT2D eigenvalue weighted by molar-refractivity contribution is 7.10. The molecule has 1 aliphatic rings. The van der Waals surface area contributed by atoms with Gasteiger partial charge >= 0.3 is 0 Å². The van der Waals surface area contributed by atoms with Crippen LogP contribution in [0.2, 0.25) is 0 Å². The molecule has 0 aliphatic carbocycles. The van der Waals surface area contributed by atoms with Gasteiger partial charge in [-0.15, -0.1) is 11.3 Å². The van der Waals surface area contributed by atoms with Crippen molar-refractivity contribution in [2.75, 3.05) is 52.4 Å². The van der Waals surface area contributed by atoms with Gasteiger partial charge in [0.1, 0.15) is 5.75 Å². The molecule has 0 spiro atoms. The highest BCUT2D eigenvalue weighted by atomic mass is 32.1. The third-order valence-electron chi connectivity index (χ3n) is 6.65. The highest BCUT2D eigenvalue weighted by Gasteiger charge is 2.31. The molecule has 0 unspecified atom stereocenters. The van der Waals surface area contributed by atoms with E-state index in [0.29, 0.717) is 11.5 Å². The third kappa shape index (κ3) is 6.12. The number of nitrogens with zero attached hydrogens (tertiary/aromatic N) is 2. The number of anilines is 1. The SMILES string of the molecule is COc1ccc(N2CCN([C@H](c3cccs3)[C@@H](C)NC(=O)Cc3ccc(OC)c(OC)c3)CC2)cc1. The fourth-order valence-electron chi connectivity index (χ4n) is 4.81. The molecule has 4 rings (SSSR count). The fraction of sp³-hybridized carbons (Fsp3) is 0.393. The fourth-order valence-corrected chi connectivity index (χ4v) is 5.78. The molecule has 3 aromatic rings. The first-order chi connectivity index (χ1) is 17.5. The quantitative estimate of drug-likeness (QED) is 0.438. The number of hydrogen-bond donors (Lipinski definition) is 1. The Labute approximate surface area is 217 Å². The summed E-state index contributed by atoms with van der Waals surface area (Å²) in [6, 6.07) is 18.2. The Morgan fingerprint density at radius 3 is 2.28 bits per heavy atom. The summed E-state index contributed by atoms with van der Waals surface area (Å²) in [5.41, 5.74) is 2.09. The molecule has 1 N–H and O–H groups in total. The number of hydrogen-bond acceptors (Lipinski definition) is 7. The lowest BCUT2D eigenvalue weighted by molar-refractivity contribution is -0.121. The standard InChI is InChI=1S/C28H35N3O4S/c1-20(29-27(32)19-21-7-12-24(34-3)25(18-21)35-4)28(26-6-5-17-36-26)31-15-13-30(14-16-31)22-8-10-23(33-2)11-9-22/h5-12,17-18,20,28H,13-16,19H2,1-4H3,(H,29,32)/t20-,28+/m1/s1. The van der Waals surface area contributed by atoms with E-state index in [4.69, 9.17) is 14.2 Å². The largest absolute Gasteiger partial charge is 0.497 e. The molecule has 1 aromatic heterocycles. The second kappa shape index (κ2) is 12.1. The van der Waals surface area contributed by atoms with Crippen LogP contribution in [-0.2, 0) is 11.2 Å². The van der Waals surface area contributed by atoms with Gasteiger partial charge in [-0.3, -0.25) is 9.69 Å². The van der Waals surface area contributed by atoms with Crippen molar-refractivity contribution >= 4 is 22.9 Å². The van der Waals surface area contributed by atoms with Crippen LogP contribution in [-0.4, -0.2) is 64.4 Å². The van der Waals surface area contributed by atoms with Crippen molar-refractivity contribution in [3.05, 3.63) is 70.4 Å². The third-order valence-corrected chi connectivity index (χ3v) is 7.60. The first-order valence-electron chi connectivity index (χ1n) is 12.2. The summed E-state index contributed by atoms with van der Waals surface area (Å²) in [7, 11) is 4.89. The monoisotopic (exact) mass is 509 g/mol.